The van der Waals surface area contributed by atoms with Gasteiger partial charge in [0.15, 0.2) is 12.4 Å². The number of ether oxygens (including phenoxy) is 4. The molecule has 344 valence electrons. The average Bonchev–Trinajstić information content (AvgIpc) is 3.23. The molecule has 1 heterocycles. The highest BCUT2D eigenvalue weighted by Gasteiger charge is 2.44. The van der Waals surface area contributed by atoms with Gasteiger partial charge in [-0.05, 0) is 70.6 Å². The molecule has 0 spiro atoms. The number of esters is 2. The van der Waals surface area contributed by atoms with Gasteiger partial charge in [0.2, 0.25) is 0 Å². The third-order valence-corrected chi connectivity index (χ3v) is 11.0. The Morgan fingerprint density at radius 3 is 1.46 bits per heavy atom. The lowest BCUT2D eigenvalue weighted by Crippen LogP contribution is -2.59. The second kappa shape index (κ2) is 40.0. The topological polar surface area (TPSA) is 152 Å². The van der Waals surface area contributed by atoms with Crippen LogP contribution < -0.4 is 0 Å². The Balaban J connectivity index is 2.30. The van der Waals surface area contributed by atoms with Gasteiger partial charge in [0.05, 0.1) is 13.2 Å². The van der Waals surface area contributed by atoms with E-state index in [4.69, 9.17) is 18.9 Å². The highest BCUT2D eigenvalue weighted by Crippen LogP contribution is 2.23. The van der Waals surface area contributed by atoms with Crippen molar-refractivity contribution < 1.29 is 49.0 Å². The number of unbranched alkanes of at least 4 members (excludes halogenated alkanes) is 23. The van der Waals surface area contributed by atoms with E-state index in [0.717, 1.165) is 57.8 Å². The van der Waals surface area contributed by atoms with Crippen molar-refractivity contribution in [2.24, 2.45) is 0 Å². The summed E-state index contributed by atoms with van der Waals surface area (Å²) in [6.45, 7) is 3.39. The lowest BCUT2D eigenvalue weighted by molar-refractivity contribution is -0.305. The molecule has 10 nitrogen and oxygen atoms in total. The van der Waals surface area contributed by atoms with Crippen molar-refractivity contribution in [1.82, 2.24) is 0 Å². The molecule has 0 aromatic carbocycles. The molecule has 10 heteroatoms. The van der Waals surface area contributed by atoms with Crippen LogP contribution in [0.2, 0.25) is 0 Å². The summed E-state index contributed by atoms with van der Waals surface area (Å²) in [7, 11) is 0. The van der Waals surface area contributed by atoms with Crippen molar-refractivity contribution in [3.05, 3.63) is 36.5 Å². The predicted octanol–water partition coefficient (Wildman–Crippen LogP) is 10.7. The normalized spacial score (nSPS) is 20.3. The lowest BCUT2D eigenvalue weighted by atomic mass is 9.99. The molecular formula is C49H88O10. The first-order valence-corrected chi connectivity index (χ1v) is 24.1. The fraction of sp³-hybridized carbons (Fsp3) is 0.837. The molecule has 0 amide bonds. The van der Waals surface area contributed by atoms with E-state index in [1.54, 1.807) is 0 Å². The standard InChI is InChI=1S/C49H88O10/c1-3-5-7-9-11-13-15-17-19-21-23-25-27-29-31-33-35-37-44(51)56-40-42(41-57-49-48(55)47(54)46(53)43(39-50)59-49)58-45(52)38-36-34-32-30-28-26-24-22-20-18-16-14-12-10-8-6-4-2/h11,13-14,16-17,19,42-43,46-50,53-55H,3-10,12,15,18,20-41H2,1-2H3/b13-11+,16-14+,19-17+/t42-,43-,46+,47?,48?,49-/m0/s1. The first-order valence-electron chi connectivity index (χ1n) is 24.1. The van der Waals surface area contributed by atoms with Crippen molar-refractivity contribution >= 4 is 11.9 Å². The second-order valence-electron chi connectivity index (χ2n) is 16.6. The van der Waals surface area contributed by atoms with Gasteiger partial charge in [0.1, 0.15) is 31.0 Å². The molecular weight excluding hydrogens is 749 g/mol. The number of carbonyl (C=O) groups is 2. The van der Waals surface area contributed by atoms with E-state index in [-0.39, 0.29) is 32.0 Å². The Bertz CT molecular complexity index is 1060. The summed E-state index contributed by atoms with van der Waals surface area (Å²) in [6, 6.07) is 0. The highest BCUT2D eigenvalue weighted by molar-refractivity contribution is 5.70. The summed E-state index contributed by atoms with van der Waals surface area (Å²) < 4.78 is 22.2. The van der Waals surface area contributed by atoms with Gasteiger partial charge in [-0.2, -0.15) is 0 Å². The Morgan fingerprint density at radius 1 is 0.525 bits per heavy atom. The maximum absolute atomic E-state index is 12.8. The van der Waals surface area contributed by atoms with Gasteiger partial charge >= 0.3 is 11.9 Å². The zero-order valence-electron chi connectivity index (χ0n) is 37.5. The van der Waals surface area contributed by atoms with E-state index >= 15 is 0 Å². The van der Waals surface area contributed by atoms with Crippen molar-refractivity contribution in [2.75, 3.05) is 19.8 Å². The minimum absolute atomic E-state index is 0.221. The van der Waals surface area contributed by atoms with E-state index in [0.29, 0.717) is 6.42 Å². The Kier molecular flexibility index (Phi) is 37.3. The molecule has 0 aliphatic carbocycles. The molecule has 0 bridgehead atoms. The predicted molar refractivity (Wildman–Crippen MR) is 238 cm³/mol. The third-order valence-electron chi connectivity index (χ3n) is 11.0. The number of rotatable bonds is 40. The maximum atomic E-state index is 12.8. The summed E-state index contributed by atoms with van der Waals surface area (Å²) in [5, 5.41) is 40.1. The molecule has 6 atom stereocenters. The third kappa shape index (κ3) is 31.4. The fourth-order valence-electron chi connectivity index (χ4n) is 7.15. The number of allylic oxidation sites excluding steroid dienone is 6. The summed E-state index contributed by atoms with van der Waals surface area (Å²) in [6.07, 6.45) is 38.5. The van der Waals surface area contributed by atoms with Crippen LogP contribution in [0.4, 0.5) is 0 Å². The van der Waals surface area contributed by atoms with Crippen LogP contribution in [0.1, 0.15) is 206 Å². The van der Waals surface area contributed by atoms with Gasteiger partial charge in [-0.25, -0.2) is 0 Å². The van der Waals surface area contributed by atoms with Crippen molar-refractivity contribution in [2.45, 2.75) is 243 Å². The molecule has 0 saturated carbocycles. The van der Waals surface area contributed by atoms with E-state index in [9.17, 15) is 30.0 Å². The van der Waals surface area contributed by atoms with Gasteiger partial charge in [-0.15, -0.1) is 0 Å². The van der Waals surface area contributed by atoms with Crippen LogP contribution in [0.5, 0.6) is 0 Å². The number of carbonyl (C=O) groups excluding carboxylic acids is 2. The number of aliphatic hydroxyl groups excluding tert-OH is 4. The van der Waals surface area contributed by atoms with Gasteiger partial charge in [0.25, 0.3) is 0 Å². The Hall–Kier alpha value is -2.08. The number of hydrogen-bond donors (Lipinski definition) is 4. The molecule has 4 N–H and O–H groups in total. The summed E-state index contributed by atoms with van der Waals surface area (Å²) in [4.78, 5) is 25.4. The summed E-state index contributed by atoms with van der Waals surface area (Å²) >= 11 is 0. The minimum Gasteiger partial charge on any atom is -0.462 e. The monoisotopic (exact) mass is 837 g/mol. The van der Waals surface area contributed by atoms with Crippen LogP contribution in [0.3, 0.4) is 0 Å². The first-order chi connectivity index (χ1) is 28.8. The lowest BCUT2D eigenvalue weighted by Gasteiger charge is -2.39. The second-order valence-corrected chi connectivity index (χ2v) is 16.6. The van der Waals surface area contributed by atoms with E-state index < -0.39 is 49.4 Å². The SMILES string of the molecule is CCCCC/C=C/C/C=C/CCCCCCCCCC(=O)OC[C@@H](CO[C@H]1O[C@@H](CO)[C@@H](O)C(O)C1O)OC(=O)CCCCCCCCCCC/C=C/CCCCCC. The van der Waals surface area contributed by atoms with Crippen LogP contribution in [0.25, 0.3) is 0 Å². The van der Waals surface area contributed by atoms with Gasteiger partial charge in [-0.3, -0.25) is 9.59 Å². The number of hydrogen-bond acceptors (Lipinski definition) is 10. The average molecular weight is 837 g/mol. The molecule has 1 aliphatic rings. The molecule has 0 radical (unpaired) electrons. The molecule has 1 fully saturated rings. The highest BCUT2D eigenvalue weighted by atomic mass is 16.7. The molecule has 0 aromatic heterocycles. The van der Waals surface area contributed by atoms with E-state index in [2.05, 4.69) is 50.3 Å². The van der Waals surface area contributed by atoms with E-state index in [1.165, 1.54) is 116 Å². The zero-order valence-corrected chi connectivity index (χ0v) is 37.5. The smallest absolute Gasteiger partial charge is 0.306 e. The van der Waals surface area contributed by atoms with Crippen LogP contribution in [-0.4, -0.2) is 89.0 Å². The molecule has 2 unspecified atom stereocenters. The van der Waals surface area contributed by atoms with Crippen LogP contribution in [-0.2, 0) is 28.5 Å². The molecule has 59 heavy (non-hydrogen) atoms. The van der Waals surface area contributed by atoms with Gasteiger partial charge in [-0.1, -0.05) is 159 Å². The van der Waals surface area contributed by atoms with Gasteiger partial charge in [0, 0.05) is 12.8 Å². The molecule has 1 saturated heterocycles. The number of aliphatic hydroxyl groups is 4. The quantitative estimate of drug-likeness (QED) is 0.0267. The van der Waals surface area contributed by atoms with Crippen LogP contribution in [0.15, 0.2) is 36.5 Å². The van der Waals surface area contributed by atoms with Crippen molar-refractivity contribution in [1.29, 1.82) is 0 Å². The maximum Gasteiger partial charge on any atom is 0.306 e. The van der Waals surface area contributed by atoms with Crippen LogP contribution in [0, 0.1) is 0 Å². The summed E-state index contributed by atoms with van der Waals surface area (Å²) in [5.41, 5.74) is 0. The first kappa shape index (κ1) is 54.9. The largest absolute Gasteiger partial charge is 0.462 e. The zero-order chi connectivity index (χ0) is 43.0. The Labute approximate surface area is 359 Å². The van der Waals surface area contributed by atoms with Gasteiger partial charge < -0.3 is 39.4 Å². The van der Waals surface area contributed by atoms with Crippen molar-refractivity contribution in [3.63, 3.8) is 0 Å². The minimum atomic E-state index is -1.60. The van der Waals surface area contributed by atoms with Crippen LogP contribution >= 0.6 is 0 Å². The molecule has 0 aromatic rings. The summed E-state index contributed by atoms with van der Waals surface area (Å²) in [5.74, 6) is -0.814. The van der Waals surface area contributed by atoms with E-state index in [1.807, 2.05) is 0 Å². The molecule has 1 rings (SSSR count). The van der Waals surface area contributed by atoms with Crippen molar-refractivity contribution in [3.8, 4) is 0 Å². The fourth-order valence-corrected chi connectivity index (χ4v) is 7.15. The Morgan fingerprint density at radius 2 is 0.949 bits per heavy atom. The molecule has 1 aliphatic heterocycles.